The van der Waals surface area contributed by atoms with Gasteiger partial charge in [0.2, 0.25) is 0 Å². The Hall–Kier alpha value is -2.36. The lowest BCUT2D eigenvalue weighted by atomic mass is 9.98. The van der Waals surface area contributed by atoms with Crippen LogP contribution >= 0.6 is 0 Å². The van der Waals surface area contributed by atoms with Gasteiger partial charge < -0.3 is 9.47 Å². The van der Waals surface area contributed by atoms with Crippen molar-refractivity contribution >= 4 is 17.7 Å². The lowest BCUT2D eigenvalue weighted by molar-refractivity contribution is -0.135. The van der Waals surface area contributed by atoms with Crippen molar-refractivity contribution in [3.05, 3.63) is 54.1 Å². The van der Waals surface area contributed by atoms with Crippen LogP contribution in [0.5, 0.6) is 0 Å². The standard InChI is InChI=1S/C15H14O4/c1-3-11-9-18-15(17)13(11)14(19-10(2)16)12-7-5-4-6-8-12/h3-8,11H,1,9H2,2H3/b14-13-/t11-/m0/s1. The highest BCUT2D eigenvalue weighted by atomic mass is 16.6. The average Bonchev–Trinajstić information content (AvgIpc) is 2.78. The van der Waals surface area contributed by atoms with Crippen LogP contribution in [0.3, 0.4) is 0 Å². The maximum Gasteiger partial charge on any atom is 0.338 e. The minimum Gasteiger partial charge on any atom is -0.461 e. The molecular formula is C15H14O4. The molecule has 1 heterocycles. The molecule has 0 aliphatic carbocycles. The van der Waals surface area contributed by atoms with Gasteiger partial charge in [0.1, 0.15) is 12.4 Å². The van der Waals surface area contributed by atoms with E-state index in [-0.39, 0.29) is 18.3 Å². The maximum atomic E-state index is 11.8. The monoisotopic (exact) mass is 258 g/mol. The lowest BCUT2D eigenvalue weighted by Crippen LogP contribution is -2.09. The number of benzene rings is 1. The fourth-order valence-corrected chi connectivity index (χ4v) is 1.93. The third-order valence-electron chi connectivity index (χ3n) is 2.80. The number of hydrogen-bond donors (Lipinski definition) is 0. The molecule has 0 amide bonds. The zero-order valence-electron chi connectivity index (χ0n) is 10.6. The molecule has 0 saturated carbocycles. The molecule has 19 heavy (non-hydrogen) atoms. The Morgan fingerprint density at radius 2 is 2.11 bits per heavy atom. The van der Waals surface area contributed by atoms with Crippen LogP contribution in [-0.4, -0.2) is 18.5 Å². The summed E-state index contributed by atoms with van der Waals surface area (Å²) in [6.45, 7) is 5.21. The summed E-state index contributed by atoms with van der Waals surface area (Å²) < 4.78 is 10.2. The van der Waals surface area contributed by atoms with Gasteiger partial charge in [-0.1, -0.05) is 36.4 Å². The van der Waals surface area contributed by atoms with E-state index >= 15 is 0 Å². The second-order valence-electron chi connectivity index (χ2n) is 4.14. The number of ether oxygens (including phenoxy) is 2. The Kier molecular flexibility index (Phi) is 3.80. The van der Waals surface area contributed by atoms with Crippen LogP contribution in [0.1, 0.15) is 12.5 Å². The van der Waals surface area contributed by atoms with Crippen LogP contribution in [0.25, 0.3) is 5.76 Å². The number of rotatable bonds is 3. The van der Waals surface area contributed by atoms with E-state index in [2.05, 4.69) is 6.58 Å². The molecular weight excluding hydrogens is 244 g/mol. The molecule has 0 spiro atoms. The molecule has 0 unspecified atom stereocenters. The molecule has 4 nitrogen and oxygen atoms in total. The first-order valence-electron chi connectivity index (χ1n) is 5.91. The molecule has 0 aromatic heterocycles. The van der Waals surface area contributed by atoms with Gasteiger partial charge in [-0.05, 0) is 0 Å². The molecule has 98 valence electrons. The molecule has 1 aliphatic heterocycles. The molecule has 1 aliphatic rings. The van der Waals surface area contributed by atoms with E-state index in [1.54, 1.807) is 18.2 Å². The van der Waals surface area contributed by atoms with Crippen LogP contribution in [-0.2, 0) is 19.1 Å². The van der Waals surface area contributed by atoms with Gasteiger partial charge in [-0.3, -0.25) is 4.79 Å². The van der Waals surface area contributed by atoms with Crippen molar-refractivity contribution in [2.24, 2.45) is 5.92 Å². The molecule has 1 aromatic rings. The molecule has 0 N–H and O–H groups in total. The first-order chi connectivity index (χ1) is 9.13. The van der Waals surface area contributed by atoms with E-state index in [1.165, 1.54) is 6.92 Å². The van der Waals surface area contributed by atoms with Crippen molar-refractivity contribution in [1.82, 2.24) is 0 Å². The summed E-state index contributed by atoms with van der Waals surface area (Å²) in [5.41, 5.74) is 1.01. The summed E-state index contributed by atoms with van der Waals surface area (Å²) in [4.78, 5) is 23.1. The third kappa shape index (κ3) is 2.73. The second kappa shape index (κ2) is 5.52. The van der Waals surface area contributed by atoms with Gasteiger partial charge in [0.25, 0.3) is 0 Å². The van der Waals surface area contributed by atoms with Crippen molar-refractivity contribution in [2.45, 2.75) is 6.92 Å². The molecule has 1 fully saturated rings. The Balaban J connectivity index is 2.56. The van der Waals surface area contributed by atoms with Crippen molar-refractivity contribution in [3.63, 3.8) is 0 Å². The van der Waals surface area contributed by atoms with E-state index in [0.717, 1.165) is 0 Å². The largest absolute Gasteiger partial charge is 0.461 e. The summed E-state index contributed by atoms with van der Waals surface area (Å²) in [6.07, 6.45) is 1.62. The Morgan fingerprint density at radius 3 is 2.68 bits per heavy atom. The summed E-state index contributed by atoms with van der Waals surface area (Å²) in [5.74, 6) is -0.957. The summed E-state index contributed by atoms with van der Waals surface area (Å²) >= 11 is 0. The van der Waals surface area contributed by atoms with E-state index in [0.29, 0.717) is 11.1 Å². The molecule has 0 radical (unpaired) electrons. The van der Waals surface area contributed by atoms with Crippen LogP contribution < -0.4 is 0 Å². The zero-order chi connectivity index (χ0) is 13.8. The fourth-order valence-electron chi connectivity index (χ4n) is 1.93. The average molecular weight is 258 g/mol. The molecule has 2 rings (SSSR count). The summed E-state index contributed by atoms with van der Waals surface area (Å²) in [5, 5.41) is 0. The van der Waals surface area contributed by atoms with Gasteiger partial charge >= 0.3 is 11.9 Å². The molecule has 1 aromatic carbocycles. The highest BCUT2D eigenvalue weighted by Gasteiger charge is 2.33. The number of esters is 2. The smallest absolute Gasteiger partial charge is 0.338 e. The van der Waals surface area contributed by atoms with Crippen molar-refractivity contribution < 1.29 is 19.1 Å². The predicted molar refractivity (Wildman–Crippen MR) is 69.8 cm³/mol. The molecule has 4 heteroatoms. The second-order valence-corrected chi connectivity index (χ2v) is 4.14. The lowest BCUT2D eigenvalue weighted by Gasteiger charge is -2.11. The van der Waals surface area contributed by atoms with Crippen LogP contribution in [0.15, 0.2) is 48.6 Å². The number of hydrogen-bond acceptors (Lipinski definition) is 4. The highest BCUT2D eigenvalue weighted by molar-refractivity contribution is 6.00. The quantitative estimate of drug-likeness (QED) is 0.361. The highest BCUT2D eigenvalue weighted by Crippen LogP contribution is 2.31. The van der Waals surface area contributed by atoms with E-state index < -0.39 is 11.9 Å². The first kappa shape index (κ1) is 13.1. The minimum atomic E-state index is -0.478. The topological polar surface area (TPSA) is 52.6 Å². The first-order valence-corrected chi connectivity index (χ1v) is 5.91. The van der Waals surface area contributed by atoms with E-state index in [1.807, 2.05) is 18.2 Å². The minimum absolute atomic E-state index is 0.231. The Morgan fingerprint density at radius 1 is 1.42 bits per heavy atom. The third-order valence-corrected chi connectivity index (χ3v) is 2.80. The summed E-state index contributed by atoms with van der Waals surface area (Å²) in [6, 6.07) is 9.01. The van der Waals surface area contributed by atoms with E-state index in [4.69, 9.17) is 9.47 Å². The number of cyclic esters (lactones) is 1. The Labute approximate surface area is 111 Å². The van der Waals surface area contributed by atoms with Gasteiger partial charge in [0.15, 0.2) is 0 Å². The van der Waals surface area contributed by atoms with Crippen LogP contribution in [0, 0.1) is 5.92 Å². The van der Waals surface area contributed by atoms with Crippen LogP contribution in [0.2, 0.25) is 0 Å². The van der Waals surface area contributed by atoms with Crippen LogP contribution in [0.4, 0.5) is 0 Å². The molecule has 0 bridgehead atoms. The van der Waals surface area contributed by atoms with Crippen molar-refractivity contribution in [3.8, 4) is 0 Å². The van der Waals surface area contributed by atoms with Crippen molar-refractivity contribution in [1.29, 1.82) is 0 Å². The number of carbonyl (C=O) groups excluding carboxylic acids is 2. The van der Waals surface area contributed by atoms with Gasteiger partial charge in [0.05, 0.1) is 5.57 Å². The SMILES string of the molecule is C=C[C@H]1COC(=O)/C1=C(\OC(C)=O)c1ccccc1. The van der Waals surface area contributed by atoms with E-state index in [9.17, 15) is 9.59 Å². The molecule has 1 atom stereocenters. The molecule has 1 saturated heterocycles. The van der Waals surface area contributed by atoms with Gasteiger partial charge in [-0.15, -0.1) is 6.58 Å². The van der Waals surface area contributed by atoms with Gasteiger partial charge in [-0.2, -0.15) is 0 Å². The summed E-state index contributed by atoms with van der Waals surface area (Å²) in [7, 11) is 0. The fraction of sp³-hybridized carbons (Fsp3) is 0.200. The van der Waals surface area contributed by atoms with Crippen molar-refractivity contribution in [2.75, 3.05) is 6.61 Å². The van der Waals surface area contributed by atoms with Gasteiger partial charge in [-0.25, -0.2) is 4.79 Å². The normalized spacial score (nSPS) is 20.7. The zero-order valence-corrected chi connectivity index (χ0v) is 10.6. The predicted octanol–water partition coefficient (Wildman–Crippen LogP) is 2.32. The number of carbonyl (C=O) groups is 2. The Bertz CT molecular complexity index is 543. The maximum absolute atomic E-state index is 11.8. The van der Waals surface area contributed by atoms with Gasteiger partial charge in [0, 0.05) is 18.4 Å².